The van der Waals surface area contributed by atoms with Gasteiger partial charge < -0.3 is 0 Å². The summed E-state index contributed by atoms with van der Waals surface area (Å²) < 4.78 is 2.25. The van der Waals surface area contributed by atoms with Crippen molar-refractivity contribution >= 4 is 64.9 Å². The first-order valence-corrected chi connectivity index (χ1v) is 18.2. The summed E-state index contributed by atoms with van der Waals surface area (Å²) in [4.78, 5) is 5.07. The van der Waals surface area contributed by atoms with Crippen LogP contribution in [0.2, 0.25) is 0 Å². The molecule has 246 valence electrons. The zero-order valence-electron chi connectivity index (χ0n) is 28.9. The predicted octanol–water partition coefficient (Wildman–Crippen LogP) is 13.8. The van der Waals surface area contributed by atoms with E-state index in [1.165, 1.54) is 76.1 Å². The highest BCUT2D eigenvalue weighted by molar-refractivity contribution is 6.34. The van der Waals surface area contributed by atoms with Crippen molar-refractivity contribution < 1.29 is 0 Å². The fraction of sp³-hybridized carbons (Fsp3) is 0. The van der Waals surface area contributed by atoms with Crippen molar-refractivity contribution in [3.63, 3.8) is 0 Å². The molecular formula is C51H32N2. The molecular weight excluding hydrogens is 641 g/mol. The van der Waals surface area contributed by atoms with Crippen molar-refractivity contribution in [1.29, 1.82) is 0 Å². The fourth-order valence-corrected chi connectivity index (χ4v) is 8.56. The SMILES string of the molecule is c1ccc(-n2c(-c3ccc(-c4ccc(-c5cccc6c7cccc8ccc9cccc(c%10ccccc%10c56)c9c87)cc4)cc3)nc3ccccc32)cc1. The number of hydrogen-bond donors (Lipinski definition) is 0. The highest BCUT2D eigenvalue weighted by Gasteiger charge is 2.16. The first-order chi connectivity index (χ1) is 26.3. The Labute approximate surface area is 306 Å². The maximum absolute atomic E-state index is 5.07. The van der Waals surface area contributed by atoms with Crippen LogP contribution in [0.25, 0.3) is 104 Å². The lowest BCUT2D eigenvalue weighted by Gasteiger charge is -2.16. The van der Waals surface area contributed by atoms with Gasteiger partial charge in [-0.05, 0) is 100 Å². The molecule has 0 spiro atoms. The third-order valence-electron chi connectivity index (χ3n) is 11.0. The number of benzene rings is 9. The van der Waals surface area contributed by atoms with Crippen molar-refractivity contribution in [3.05, 3.63) is 194 Å². The Balaban J connectivity index is 1.05. The summed E-state index contributed by atoms with van der Waals surface area (Å²) in [5, 5.41) is 12.8. The Morgan fingerprint density at radius 2 is 0.811 bits per heavy atom. The Morgan fingerprint density at radius 1 is 0.321 bits per heavy atom. The van der Waals surface area contributed by atoms with Gasteiger partial charge >= 0.3 is 0 Å². The second kappa shape index (κ2) is 11.8. The van der Waals surface area contributed by atoms with Crippen LogP contribution in [-0.4, -0.2) is 9.55 Å². The van der Waals surface area contributed by atoms with Gasteiger partial charge in [0.1, 0.15) is 5.82 Å². The minimum absolute atomic E-state index is 0.940. The van der Waals surface area contributed by atoms with Crippen LogP contribution in [0.1, 0.15) is 0 Å². The minimum Gasteiger partial charge on any atom is -0.292 e. The predicted molar refractivity (Wildman–Crippen MR) is 225 cm³/mol. The van der Waals surface area contributed by atoms with Crippen LogP contribution in [0, 0.1) is 0 Å². The summed E-state index contributed by atoms with van der Waals surface area (Å²) in [6.45, 7) is 0. The number of aromatic nitrogens is 2. The molecule has 11 rings (SSSR count). The van der Waals surface area contributed by atoms with Gasteiger partial charge in [0.25, 0.3) is 0 Å². The summed E-state index contributed by atoms with van der Waals surface area (Å²) in [7, 11) is 0. The number of nitrogens with zero attached hydrogens (tertiary/aromatic N) is 2. The zero-order valence-corrected chi connectivity index (χ0v) is 28.9. The average Bonchev–Trinajstić information content (AvgIpc) is 3.63. The lowest BCUT2D eigenvalue weighted by molar-refractivity contribution is 1.10. The maximum Gasteiger partial charge on any atom is 0.145 e. The smallest absolute Gasteiger partial charge is 0.145 e. The van der Waals surface area contributed by atoms with Crippen molar-refractivity contribution in [1.82, 2.24) is 9.55 Å². The van der Waals surface area contributed by atoms with E-state index in [-0.39, 0.29) is 0 Å². The van der Waals surface area contributed by atoms with Crippen LogP contribution in [0.5, 0.6) is 0 Å². The summed E-state index contributed by atoms with van der Waals surface area (Å²) >= 11 is 0. The Bertz CT molecular complexity index is 3190. The van der Waals surface area contributed by atoms with E-state index in [9.17, 15) is 0 Å². The molecule has 0 atom stereocenters. The van der Waals surface area contributed by atoms with Crippen LogP contribution in [0.3, 0.4) is 0 Å². The monoisotopic (exact) mass is 672 g/mol. The van der Waals surface area contributed by atoms with E-state index in [4.69, 9.17) is 4.98 Å². The molecule has 1 aromatic heterocycles. The van der Waals surface area contributed by atoms with Gasteiger partial charge in [-0.15, -0.1) is 0 Å². The van der Waals surface area contributed by atoms with Crippen molar-refractivity contribution in [3.8, 4) is 39.3 Å². The zero-order chi connectivity index (χ0) is 34.9. The van der Waals surface area contributed by atoms with Gasteiger partial charge in [-0.2, -0.15) is 0 Å². The first kappa shape index (κ1) is 29.7. The molecule has 0 aliphatic rings. The van der Waals surface area contributed by atoms with Gasteiger partial charge in [-0.1, -0.05) is 170 Å². The quantitative estimate of drug-likeness (QED) is 0.170. The molecule has 0 aliphatic heterocycles. The topological polar surface area (TPSA) is 17.8 Å². The second-order valence-corrected chi connectivity index (χ2v) is 13.9. The van der Waals surface area contributed by atoms with E-state index in [1.54, 1.807) is 0 Å². The Morgan fingerprint density at radius 3 is 1.51 bits per heavy atom. The molecule has 0 saturated heterocycles. The largest absolute Gasteiger partial charge is 0.292 e. The van der Waals surface area contributed by atoms with E-state index >= 15 is 0 Å². The molecule has 0 saturated carbocycles. The number of hydrogen-bond acceptors (Lipinski definition) is 1. The normalized spacial score (nSPS) is 11.8. The first-order valence-electron chi connectivity index (χ1n) is 18.2. The molecule has 0 aliphatic carbocycles. The number of fused-ring (bicyclic) bond motifs is 6. The van der Waals surface area contributed by atoms with Gasteiger partial charge in [-0.25, -0.2) is 4.98 Å². The Kier molecular flexibility index (Phi) is 6.59. The third kappa shape index (κ3) is 4.63. The average molecular weight is 673 g/mol. The molecule has 11 aromatic rings. The second-order valence-electron chi connectivity index (χ2n) is 13.9. The minimum atomic E-state index is 0.940. The highest BCUT2D eigenvalue weighted by atomic mass is 15.1. The van der Waals surface area contributed by atoms with Crippen molar-refractivity contribution in [2.24, 2.45) is 0 Å². The van der Waals surface area contributed by atoms with Gasteiger partial charge in [-0.3, -0.25) is 4.57 Å². The maximum atomic E-state index is 5.07. The van der Waals surface area contributed by atoms with E-state index in [0.29, 0.717) is 0 Å². The Hall–Kier alpha value is -7.03. The van der Waals surface area contributed by atoms with Gasteiger partial charge in [0.05, 0.1) is 11.0 Å². The summed E-state index contributed by atoms with van der Waals surface area (Å²) in [5.41, 5.74) is 9.07. The number of imidazole rings is 1. The van der Waals surface area contributed by atoms with Crippen LogP contribution in [0.4, 0.5) is 0 Å². The molecule has 2 nitrogen and oxygen atoms in total. The molecule has 0 unspecified atom stereocenters. The van der Waals surface area contributed by atoms with E-state index in [2.05, 4.69) is 193 Å². The summed E-state index contributed by atoms with van der Waals surface area (Å²) in [6, 6.07) is 70.5. The van der Waals surface area contributed by atoms with Gasteiger partial charge in [0.15, 0.2) is 0 Å². The van der Waals surface area contributed by atoms with Crippen LogP contribution in [0.15, 0.2) is 194 Å². The number of rotatable bonds is 4. The molecule has 10 aromatic carbocycles. The summed E-state index contributed by atoms with van der Waals surface area (Å²) in [5.74, 6) is 0.940. The van der Waals surface area contributed by atoms with Crippen LogP contribution < -0.4 is 0 Å². The third-order valence-corrected chi connectivity index (χ3v) is 11.0. The number of para-hydroxylation sites is 3. The molecule has 2 heteroatoms. The molecule has 0 amide bonds. The van der Waals surface area contributed by atoms with Crippen molar-refractivity contribution in [2.45, 2.75) is 0 Å². The molecule has 0 N–H and O–H groups in total. The van der Waals surface area contributed by atoms with E-state index in [1.807, 2.05) is 6.07 Å². The van der Waals surface area contributed by atoms with E-state index < -0.39 is 0 Å². The van der Waals surface area contributed by atoms with Crippen molar-refractivity contribution in [2.75, 3.05) is 0 Å². The molecule has 53 heavy (non-hydrogen) atoms. The lowest BCUT2D eigenvalue weighted by Crippen LogP contribution is -1.97. The highest BCUT2D eigenvalue weighted by Crippen LogP contribution is 2.43. The van der Waals surface area contributed by atoms with E-state index in [0.717, 1.165) is 28.1 Å². The lowest BCUT2D eigenvalue weighted by atomic mass is 9.88. The fourth-order valence-electron chi connectivity index (χ4n) is 8.56. The van der Waals surface area contributed by atoms with Crippen LogP contribution in [-0.2, 0) is 0 Å². The molecule has 0 radical (unpaired) electrons. The van der Waals surface area contributed by atoms with Crippen LogP contribution >= 0.6 is 0 Å². The standard InChI is InChI=1S/C51H32N2/c1-2-13-39(14-3-1)53-47-22-7-6-21-46(47)52-51(53)38-31-25-34(26-32-38)33-23-27-35(28-24-33)40-17-10-20-45-44-19-9-12-37-30-29-36-11-8-18-42(48(36)49(37)44)41-15-4-5-16-43(41)50(40)45/h1-32H. The van der Waals surface area contributed by atoms with Gasteiger partial charge in [0, 0.05) is 11.3 Å². The van der Waals surface area contributed by atoms with Gasteiger partial charge in [0.2, 0.25) is 0 Å². The molecule has 0 fully saturated rings. The molecule has 1 heterocycles. The summed E-state index contributed by atoms with van der Waals surface area (Å²) in [6.07, 6.45) is 0. The molecule has 0 bridgehead atoms.